The molecule has 0 radical (unpaired) electrons. The van der Waals surface area contributed by atoms with Gasteiger partial charge in [-0.05, 0) is 313 Å². The summed E-state index contributed by atoms with van der Waals surface area (Å²) >= 11 is 17.8. The SMILES string of the molecule is BrC1CCNCC1.CC(C)(C)OC(=O)N1CCC(c2cc(-c3ccnc4c3-c3ccccc3C4)ccn2)CC1.CC(C)(C)OC=O.CC1(C)OB(c2ccnc(Cl)c2)OC1(C)C.Cl.Clc1cc(-c2ccnc3c2-c2ccccc2C3)ccn1.Ic1ccnc2c1-c1ccccc1C2.c1ccc2c(c1)Cc1nccc(-c3ccnc(C4CCNCC4)c3)c1-2. The number of pyridine rings is 8. The number of fused-ring (bicyclic) bond motifs is 12. The van der Waals surface area contributed by atoms with Gasteiger partial charge < -0.3 is 34.3 Å². The first-order valence-electron chi connectivity index (χ1n) is 41.8. The predicted octanol–water partition coefficient (Wildman–Crippen LogP) is 22.2. The van der Waals surface area contributed by atoms with E-state index in [0.717, 1.165) is 84.5 Å². The molecular formula is C99H105BBrCl3IN11O6. The molecule has 4 aliphatic heterocycles. The van der Waals surface area contributed by atoms with Crippen LogP contribution in [0.4, 0.5) is 4.79 Å². The van der Waals surface area contributed by atoms with E-state index in [2.05, 4.69) is 228 Å². The number of rotatable bonds is 7. The number of carbonyl (C=O) groups is 2. The summed E-state index contributed by atoms with van der Waals surface area (Å²) in [7, 11) is -0.370. The Hall–Kier alpha value is -9.20. The van der Waals surface area contributed by atoms with E-state index >= 15 is 0 Å². The first-order chi connectivity index (χ1) is 58.2. The van der Waals surface area contributed by atoms with Gasteiger partial charge in [0.05, 0.1) is 34.0 Å². The Bertz CT molecular complexity index is 5640. The second-order valence-electron chi connectivity index (χ2n) is 34.3. The number of hydrogen-bond donors (Lipinski definition) is 2. The van der Waals surface area contributed by atoms with E-state index in [9.17, 15) is 9.59 Å². The van der Waals surface area contributed by atoms with Gasteiger partial charge in [-0.15, -0.1) is 12.4 Å². The molecule has 1 amide bonds. The summed E-state index contributed by atoms with van der Waals surface area (Å²) in [5, 5.41) is 7.69. The quantitative estimate of drug-likeness (QED) is 0.0501. The van der Waals surface area contributed by atoms with Crippen LogP contribution in [0, 0.1) is 3.57 Å². The maximum absolute atomic E-state index is 12.4. The average Bonchev–Trinajstić information content (AvgIpc) is 1.61. The van der Waals surface area contributed by atoms with E-state index in [4.69, 9.17) is 42.2 Å². The lowest BCUT2D eigenvalue weighted by Gasteiger charge is -2.33. The number of hydrogen-bond acceptors (Lipinski definition) is 16. The molecule has 0 saturated carbocycles. The molecule has 2 N–H and O–H groups in total. The van der Waals surface area contributed by atoms with Crippen LogP contribution in [0.3, 0.4) is 0 Å². The van der Waals surface area contributed by atoms with Gasteiger partial charge in [0, 0.05) is 142 Å². The Morgan fingerprint density at radius 3 is 1.21 bits per heavy atom. The highest BCUT2D eigenvalue weighted by Gasteiger charge is 2.52. The Labute approximate surface area is 756 Å². The number of carbonyl (C=O) groups excluding carboxylic acids is 2. The first kappa shape index (κ1) is 90.5. The number of amides is 1. The molecule has 0 unspecified atom stereocenters. The fourth-order valence-corrected chi connectivity index (χ4v) is 17.9. The third-order valence-corrected chi connectivity index (χ3v) is 25.4. The highest BCUT2D eigenvalue weighted by Crippen LogP contribution is 2.47. The summed E-state index contributed by atoms with van der Waals surface area (Å²) in [5.41, 5.74) is 29.5. The van der Waals surface area contributed by atoms with Crippen LogP contribution in [-0.2, 0) is 49.3 Å². The van der Waals surface area contributed by atoms with Crippen LogP contribution < -0.4 is 16.1 Å². The molecule has 20 rings (SSSR count). The lowest BCUT2D eigenvalue weighted by atomic mass is 9.80. The molecular weight excluding hydrogens is 1760 g/mol. The Kier molecular flexibility index (Phi) is 30.2. The van der Waals surface area contributed by atoms with Gasteiger partial charge in [0.15, 0.2) is 0 Å². The first-order valence-corrected chi connectivity index (χ1v) is 44.6. The highest BCUT2D eigenvalue weighted by molar-refractivity contribution is 14.1. The van der Waals surface area contributed by atoms with Gasteiger partial charge in [-0.25, -0.2) is 14.8 Å². The van der Waals surface area contributed by atoms with Gasteiger partial charge in [-0.2, -0.15) is 0 Å². The number of piperidine rings is 3. The van der Waals surface area contributed by atoms with Crippen molar-refractivity contribution in [2.75, 3.05) is 39.3 Å². The number of ether oxygens (including phenoxy) is 2. The third kappa shape index (κ3) is 22.3. The van der Waals surface area contributed by atoms with Crippen LogP contribution in [-0.4, -0.2) is 131 Å². The van der Waals surface area contributed by atoms with Crippen molar-refractivity contribution in [1.82, 2.24) is 55.4 Å². The summed E-state index contributed by atoms with van der Waals surface area (Å²) in [6, 6.07) is 59.0. The minimum Gasteiger partial charge on any atom is -0.462 e. The van der Waals surface area contributed by atoms with Crippen molar-refractivity contribution < 1.29 is 28.4 Å². The van der Waals surface area contributed by atoms with Gasteiger partial charge in [-0.1, -0.05) is 136 Å². The van der Waals surface area contributed by atoms with Gasteiger partial charge in [0.1, 0.15) is 21.5 Å². The van der Waals surface area contributed by atoms with Crippen molar-refractivity contribution in [2.45, 2.75) is 173 Å². The second-order valence-corrected chi connectivity index (χ2v) is 37.5. The predicted molar refractivity (Wildman–Crippen MR) is 506 cm³/mol. The zero-order valence-corrected chi connectivity index (χ0v) is 77.0. The summed E-state index contributed by atoms with van der Waals surface area (Å²) in [6.45, 7) is 25.7. The molecule has 0 spiro atoms. The van der Waals surface area contributed by atoms with Gasteiger partial charge in [0.2, 0.25) is 0 Å². The number of benzene rings is 4. The Balaban J connectivity index is 0.000000129. The maximum atomic E-state index is 12.4. The van der Waals surface area contributed by atoms with Crippen molar-refractivity contribution >= 4 is 99.3 Å². The summed E-state index contributed by atoms with van der Waals surface area (Å²) in [5.74, 6) is 0.916. The molecule has 8 aromatic heterocycles. The monoisotopic (exact) mass is 1870 g/mol. The van der Waals surface area contributed by atoms with Gasteiger partial charge in [0.25, 0.3) is 6.47 Å². The maximum Gasteiger partial charge on any atom is 0.494 e. The van der Waals surface area contributed by atoms with E-state index < -0.39 is 5.60 Å². The molecule has 8 aliphatic rings. The molecule has 0 bridgehead atoms. The van der Waals surface area contributed by atoms with Crippen LogP contribution in [0.2, 0.25) is 10.3 Å². The number of halogens is 5. The van der Waals surface area contributed by atoms with Crippen LogP contribution in [0.25, 0.3) is 77.9 Å². The molecule has 4 saturated heterocycles. The van der Waals surface area contributed by atoms with Crippen molar-refractivity contribution in [3.63, 3.8) is 0 Å². The summed E-state index contributed by atoms with van der Waals surface area (Å²) < 4.78 is 23.2. The normalized spacial score (nSPS) is 16.0. The number of alkyl halides is 1. The fraction of sp³-hybridized carbons (Fsp3) is 0.333. The topological polar surface area (TPSA) is 201 Å². The Morgan fingerprint density at radius 1 is 0.467 bits per heavy atom. The zero-order chi connectivity index (χ0) is 85.0. The molecule has 0 atom stereocenters. The third-order valence-electron chi connectivity index (χ3n) is 23.1. The van der Waals surface area contributed by atoms with Crippen LogP contribution in [0.5, 0.6) is 0 Å². The molecule has 4 aromatic carbocycles. The van der Waals surface area contributed by atoms with E-state index in [0.29, 0.717) is 41.7 Å². The second kappa shape index (κ2) is 40.6. The minimum atomic E-state index is -0.465. The van der Waals surface area contributed by atoms with Crippen LogP contribution in [0.1, 0.15) is 176 Å². The van der Waals surface area contributed by atoms with Gasteiger partial charge >= 0.3 is 13.2 Å². The van der Waals surface area contributed by atoms with E-state index in [1.165, 1.54) is 154 Å². The van der Waals surface area contributed by atoms with Crippen molar-refractivity contribution in [3.05, 3.63) is 290 Å². The van der Waals surface area contributed by atoms with E-state index in [1.807, 2.05) is 136 Å². The smallest absolute Gasteiger partial charge is 0.462 e. The molecule has 23 heteroatoms. The fourth-order valence-electron chi connectivity index (χ4n) is 16.4. The lowest BCUT2D eigenvalue weighted by Crippen LogP contribution is -2.41. The largest absolute Gasteiger partial charge is 0.494 e. The van der Waals surface area contributed by atoms with Crippen LogP contribution >= 0.6 is 74.1 Å². The van der Waals surface area contributed by atoms with Crippen molar-refractivity contribution in [2.24, 2.45) is 0 Å². The number of aromatic nitrogens is 8. The molecule has 122 heavy (non-hydrogen) atoms. The number of nitrogens with zero attached hydrogens (tertiary/aromatic N) is 9. The van der Waals surface area contributed by atoms with Gasteiger partial charge in [-0.3, -0.25) is 34.7 Å². The zero-order valence-electron chi connectivity index (χ0n) is 70.9. The standard InChI is InChI=1S/C27H29N3O2.C22H21N3.C17H11ClN2.C12H8IN.C11H15BClNO2.C5H10BrN.C5H10O2.ClH/c1-27(2,3)32-26(31)30-14-10-18(11-15-30)23-16-20(8-12-28-23)22-9-13-29-24-17-19-6-4-5-7-21(19)25(22)24;1-2-4-18-16(3-1)14-21-22(18)19(8-12-25-21)17-7-11-24-20(13-17)15-5-9-23-10-6-15;18-16-10-12(5-7-20-16)14-6-8-19-15-9-11-3-1-2-4-13(11)17(14)15;13-10-5-6-14-11-7-8-3-1-2-4-9(8)12(10)11;1-10(2)11(3,4)16-12(15-10)8-5-6-14-9(13)7-8;6-5-1-3-7-4-2-5;1-5(2,3)7-4-6;/h4-9,12-13,16,18H,10-11,14-15,17H2,1-3H3;1-4,7-8,11-13,15,23H,5-6,9-10,14H2;1-8,10H,9H2;1-6H,7H2;5-7H,1-4H3;5,7H,1-4H2;4H,1-3H3;1H. The van der Waals surface area contributed by atoms with Crippen molar-refractivity contribution in [1.29, 1.82) is 0 Å². The van der Waals surface area contributed by atoms with Crippen LogP contribution in [0.15, 0.2) is 219 Å². The van der Waals surface area contributed by atoms with E-state index in [-0.39, 0.29) is 42.4 Å². The lowest BCUT2D eigenvalue weighted by molar-refractivity contribution is -0.138. The highest BCUT2D eigenvalue weighted by atomic mass is 127. The molecule has 4 aliphatic carbocycles. The molecule has 12 heterocycles. The summed E-state index contributed by atoms with van der Waals surface area (Å²) in [6.07, 6.45) is 25.1. The van der Waals surface area contributed by atoms with Crippen molar-refractivity contribution in [3.8, 4) is 77.9 Å². The molecule has 630 valence electrons. The number of nitrogens with one attached hydrogen (secondary N) is 2. The number of likely N-dealkylation sites (tertiary alicyclic amines) is 1. The minimum absolute atomic E-state index is 0. The molecule has 12 aromatic rings. The summed E-state index contributed by atoms with van der Waals surface area (Å²) in [4.78, 5) is 60.2. The average molecular weight is 1870 g/mol. The molecule has 17 nitrogen and oxygen atoms in total. The Morgan fingerprint density at radius 2 is 0.828 bits per heavy atom. The molecule has 4 fully saturated rings. The van der Waals surface area contributed by atoms with E-state index in [1.54, 1.807) is 18.5 Å².